The van der Waals surface area contributed by atoms with Crippen molar-refractivity contribution in [3.63, 3.8) is 0 Å². The van der Waals surface area contributed by atoms with E-state index in [9.17, 15) is 5.11 Å². The Balaban J connectivity index is 1.97. The lowest BCUT2D eigenvalue weighted by Crippen LogP contribution is -2.03. The minimum atomic E-state index is -0.0634. The Hall–Kier alpha value is -1.59. The van der Waals surface area contributed by atoms with Crippen LogP contribution in [0.3, 0.4) is 0 Å². The third-order valence-corrected chi connectivity index (χ3v) is 3.86. The van der Waals surface area contributed by atoms with Gasteiger partial charge < -0.3 is 14.6 Å². The van der Waals surface area contributed by atoms with Crippen molar-refractivity contribution in [1.29, 1.82) is 0 Å². The first kappa shape index (κ1) is 13.8. The van der Waals surface area contributed by atoms with Crippen molar-refractivity contribution in [2.45, 2.75) is 20.0 Å². The lowest BCUT2D eigenvalue weighted by atomic mass is 10.2. The summed E-state index contributed by atoms with van der Waals surface area (Å²) >= 11 is 1.64. The van der Waals surface area contributed by atoms with Gasteiger partial charge in [-0.1, -0.05) is 0 Å². The van der Waals surface area contributed by atoms with E-state index in [0.717, 1.165) is 23.4 Å². The lowest BCUT2D eigenvalue weighted by molar-refractivity contribution is 0.263. The van der Waals surface area contributed by atoms with Gasteiger partial charge in [-0.2, -0.15) is 0 Å². The molecule has 0 unspecified atom stereocenters. The molecule has 2 aromatic rings. The molecule has 4 nitrogen and oxygen atoms in total. The van der Waals surface area contributed by atoms with E-state index < -0.39 is 0 Å². The van der Waals surface area contributed by atoms with Gasteiger partial charge in [-0.15, -0.1) is 11.3 Å². The Kier molecular flexibility index (Phi) is 4.76. The van der Waals surface area contributed by atoms with Gasteiger partial charge >= 0.3 is 0 Å². The number of hydrogen-bond donors (Lipinski definition) is 1. The van der Waals surface area contributed by atoms with Crippen molar-refractivity contribution in [3.05, 3.63) is 39.8 Å². The number of aliphatic hydroxyl groups is 1. The van der Waals surface area contributed by atoms with Crippen LogP contribution in [0.2, 0.25) is 0 Å². The van der Waals surface area contributed by atoms with Crippen LogP contribution >= 0.6 is 11.3 Å². The summed E-state index contributed by atoms with van der Waals surface area (Å²) in [5, 5.41) is 9.32. The predicted molar refractivity (Wildman–Crippen MR) is 75.0 cm³/mol. The number of benzene rings is 1. The molecule has 0 aliphatic carbocycles. The maximum atomic E-state index is 9.32. The monoisotopic (exact) mass is 279 g/mol. The number of rotatable bonds is 6. The first-order valence-corrected chi connectivity index (χ1v) is 6.92. The maximum absolute atomic E-state index is 9.32. The van der Waals surface area contributed by atoms with Crippen LogP contribution in [0.15, 0.2) is 23.7 Å². The Morgan fingerprint density at radius 2 is 2.21 bits per heavy atom. The lowest BCUT2D eigenvalue weighted by Gasteiger charge is -2.11. The van der Waals surface area contributed by atoms with Crippen LogP contribution in [0.4, 0.5) is 0 Å². The van der Waals surface area contributed by atoms with Gasteiger partial charge in [0.1, 0.15) is 11.5 Å². The van der Waals surface area contributed by atoms with Crippen LogP contribution in [0.1, 0.15) is 16.1 Å². The van der Waals surface area contributed by atoms with Gasteiger partial charge in [-0.25, -0.2) is 4.98 Å². The van der Waals surface area contributed by atoms with Crippen LogP contribution in [-0.4, -0.2) is 23.8 Å². The number of aromatic nitrogens is 1. The molecule has 0 aliphatic heterocycles. The second-order valence-electron chi connectivity index (χ2n) is 4.09. The fourth-order valence-electron chi connectivity index (χ4n) is 1.77. The zero-order valence-corrected chi connectivity index (χ0v) is 11.9. The largest absolute Gasteiger partial charge is 0.497 e. The van der Waals surface area contributed by atoms with Crippen LogP contribution in [0.25, 0.3) is 0 Å². The van der Waals surface area contributed by atoms with Crippen molar-refractivity contribution in [2.24, 2.45) is 0 Å². The zero-order valence-electron chi connectivity index (χ0n) is 11.0. The van der Waals surface area contributed by atoms with E-state index in [2.05, 4.69) is 4.98 Å². The van der Waals surface area contributed by atoms with Gasteiger partial charge in [0.2, 0.25) is 0 Å². The zero-order chi connectivity index (χ0) is 13.7. The standard InChI is InChI=1S/C14H17NO3S/c1-10-14(19-9-15-10)5-6-18-13-4-3-12(17-2)7-11(13)8-16/h3-4,7,9,16H,5-6,8H2,1-2H3. The molecule has 0 bridgehead atoms. The molecule has 2 rings (SSSR count). The van der Waals surface area contributed by atoms with E-state index in [1.54, 1.807) is 24.5 Å². The molecule has 5 heteroatoms. The summed E-state index contributed by atoms with van der Waals surface area (Å²) in [6.45, 7) is 2.51. The second-order valence-corrected chi connectivity index (χ2v) is 5.03. The summed E-state index contributed by atoms with van der Waals surface area (Å²) in [7, 11) is 1.60. The Bertz CT molecular complexity index is 539. The molecular formula is C14H17NO3S. The fraction of sp³-hybridized carbons (Fsp3) is 0.357. The molecule has 0 aliphatic rings. The van der Waals surface area contributed by atoms with Gasteiger partial charge in [-0.05, 0) is 25.1 Å². The van der Waals surface area contributed by atoms with E-state index in [0.29, 0.717) is 12.4 Å². The number of nitrogens with zero attached hydrogens (tertiary/aromatic N) is 1. The molecule has 1 aromatic carbocycles. The van der Waals surface area contributed by atoms with E-state index >= 15 is 0 Å². The predicted octanol–water partition coefficient (Wildman–Crippen LogP) is 2.57. The number of aliphatic hydroxyl groups excluding tert-OH is 1. The van der Waals surface area contributed by atoms with Gasteiger partial charge in [0.05, 0.1) is 31.5 Å². The molecule has 0 spiro atoms. The van der Waals surface area contributed by atoms with Crippen LogP contribution in [-0.2, 0) is 13.0 Å². The molecule has 0 amide bonds. The summed E-state index contributed by atoms with van der Waals surface area (Å²) in [5.74, 6) is 1.42. The quantitative estimate of drug-likeness (QED) is 0.883. The molecule has 0 radical (unpaired) electrons. The maximum Gasteiger partial charge on any atom is 0.125 e. The molecule has 102 valence electrons. The summed E-state index contributed by atoms with van der Waals surface area (Å²) in [6, 6.07) is 5.43. The van der Waals surface area contributed by atoms with Crippen molar-refractivity contribution in [2.75, 3.05) is 13.7 Å². The van der Waals surface area contributed by atoms with Crippen LogP contribution < -0.4 is 9.47 Å². The third-order valence-electron chi connectivity index (χ3n) is 2.87. The van der Waals surface area contributed by atoms with Gasteiger partial charge in [0.25, 0.3) is 0 Å². The topological polar surface area (TPSA) is 51.6 Å². The van der Waals surface area contributed by atoms with Gasteiger partial charge in [-0.3, -0.25) is 0 Å². The number of ether oxygens (including phenoxy) is 2. The first-order valence-electron chi connectivity index (χ1n) is 6.04. The normalized spacial score (nSPS) is 10.5. The Morgan fingerprint density at radius 3 is 2.84 bits per heavy atom. The number of thiazole rings is 1. The minimum absolute atomic E-state index is 0.0634. The average molecular weight is 279 g/mol. The summed E-state index contributed by atoms with van der Waals surface area (Å²) in [4.78, 5) is 5.44. The number of hydrogen-bond acceptors (Lipinski definition) is 5. The van der Waals surface area contributed by atoms with Gasteiger partial charge in [0.15, 0.2) is 0 Å². The van der Waals surface area contributed by atoms with Crippen LogP contribution in [0, 0.1) is 6.92 Å². The molecule has 1 aromatic heterocycles. The minimum Gasteiger partial charge on any atom is -0.497 e. The molecule has 0 saturated heterocycles. The number of aryl methyl sites for hydroxylation is 1. The van der Waals surface area contributed by atoms with Gasteiger partial charge in [0, 0.05) is 16.9 Å². The third kappa shape index (κ3) is 3.45. The van der Waals surface area contributed by atoms with E-state index in [1.165, 1.54) is 4.88 Å². The summed E-state index contributed by atoms with van der Waals surface area (Å²) in [6.07, 6.45) is 0.827. The summed E-state index contributed by atoms with van der Waals surface area (Å²) in [5.41, 5.74) is 3.64. The number of methoxy groups -OCH3 is 1. The fourth-order valence-corrected chi connectivity index (χ4v) is 2.53. The highest BCUT2D eigenvalue weighted by Crippen LogP contribution is 2.24. The molecule has 1 N–H and O–H groups in total. The Morgan fingerprint density at radius 1 is 1.37 bits per heavy atom. The smallest absolute Gasteiger partial charge is 0.125 e. The van der Waals surface area contributed by atoms with Crippen molar-refractivity contribution in [1.82, 2.24) is 4.98 Å². The van der Waals surface area contributed by atoms with E-state index in [1.807, 2.05) is 24.6 Å². The highest BCUT2D eigenvalue weighted by molar-refractivity contribution is 7.09. The molecular weight excluding hydrogens is 262 g/mol. The molecule has 0 saturated carbocycles. The molecule has 1 heterocycles. The molecule has 0 fully saturated rings. The SMILES string of the molecule is COc1ccc(OCCc2scnc2C)c(CO)c1. The Labute approximate surface area is 116 Å². The van der Waals surface area contributed by atoms with Crippen molar-refractivity contribution < 1.29 is 14.6 Å². The molecule has 0 atom stereocenters. The van der Waals surface area contributed by atoms with Crippen LogP contribution in [0.5, 0.6) is 11.5 Å². The van der Waals surface area contributed by atoms with Crippen molar-refractivity contribution in [3.8, 4) is 11.5 Å². The van der Waals surface area contributed by atoms with E-state index in [4.69, 9.17) is 9.47 Å². The summed E-state index contributed by atoms with van der Waals surface area (Å²) < 4.78 is 10.8. The molecule has 19 heavy (non-hydrogen) atoms. The first-order chi connectivity index (χ1) is 9.24. The highest BCUT2D eigenvalue weighted by Gasteiger charge is 2.06. The second kappa shape index (κ2) is 6.54. The van der Waals surface area contributed by atoms with E-state index in [-0.39, 0.29) is 6.61 Å². The highest BCUT2D eigenvalue weighted by atomic mass is 32.1. The van der Waals surface area contributed by atoms with Crippen molar-refractivity contribution >= 4 is 11.3 Å². The average Bonchev–Trinajstić information content (AvgIpc) is 2.84.